The van der Waals surface area contributed by atoms with Crippen LogP contribution in [0.4, 0.5) is 5.69 Å². The van der Waals surface area contributed by atoms with Crippen LogP contribution in [0.25, 0.3) is 0 Å². The van der Waals surface area contributed by atoms with Crippen molar-refractivity contribution in [3.63, 3.8) is 0 Å². The van der Waals surface area contributed by atoms with Gasteiger partial charge in [-0.1, -0.05) is 6.42 Å². The van der Waals surface area contributed by atoms with Gasteiger partial charge in [0.1, 0.15) is 5.75 Å². The van der Waals surface area contributed by atoms with Gasteiger partial charge in [0.25, 0.3) is 10.0 Å². The van der Waals surface area contributed by atoms with Gasteiger partial charge in [-0.3, -0.25) is 4.72 Å². The molecule has 0 aliphatic carbocycles. The Morgan fingerprint density at radius 1 is 0.897 bits per heavy atom. The number of hydrogen-bond acceptors (Lipinski definition) is 5. The molecule has 9 heteroatoms. The van der Waals surface area contributed by atoms with Crippen molar-refractivity contribution in [2.45, 2.75) is 42.9 Å². The van der Waals surface area contributed by atoms with Gasteiger partial charge < -0.3 is 4.74 Å². The minimum Gasteiger partial charge on any atom is -0.497 e. The van der Waals surface area contributed by atoms with Gasteiger partial charge in [-0.15, -0.1) is 0 Å². The minimum atomic E-state index is -3.83. The van der Waals surface area contributed by atoms with E-state index in [4.69, 9.17) is 4.74 Å². The van der Waals surface area contributed by atoms with Crippen molar-refractivity contribution in [3.05, 3.63) is 47.5 Å². The van der Waals surface area contributed by atoms with E-state index >= 15 is 0 Å². The van der Waals surface area contributed by atoms with Crippen molar-refractivity contribution >= 4 is 25.7 Å². The van der Waals surface area contributed by atoms with Crippen LogP contribution in [0, 0.1) is 13.8 Å². The highest BCUT2D eigenvalue weighted by atomic mass is 32.2. The number of hydrogen-bond donors (Lipinski definition) is 1. The van der Waals surface area contributed by atoms with Crippen LogP contribution in [-0.2, 0) is 20.0 Å². The average Bonchev–Trinajstić information content (AvgIpc) is 2.68. The van der Waals surface area contributed by atoms with E-state index in [-0.39, 0.29) is 9.79 Å². The fourth-order valence-electron chi connectivity index (χ4n) is 3.61. The highest BCUT2D eigenvalue weighted by Crippen LogP contribution is 2.28. The standard InChI is InChI=1S/C20H26N2O5S2/c1-15-13-18(27-3)14-16(2)20(15)28(23,24)21-17-7-9-19(10-8-17)29(25,26)22-11-5-4-6-12-22/h7-10,13-14,21H,4-6,11-12H2,1-3H3. The van der Waals surface area contributed by atoms with Gasteiger partial charge >= 0.3 is 0 Å². The summed E-state index contributed by atoms with van der Waals surface area (Å²) in [6, 6.07) is 9.15. The zero-order chi connectivity index (χ0) is 21.2. The van der Waals surface area contributed by atoms with Gasteiger partial charge in [-0.2, -0.15) is 4.31 Å². The lowest BCUT2D eigenvalue weighted by atomic mass is 10.1. The maximum atomic E-state index is 12.9. The topological polar surface area (TPSA) is 92.8 Å². The number of rotatable bonds is 6. The van der Waals surface area contributed by atoms with E-state index in [2.05, 4.69) is 4.72 Å². The largest absolute Gasteiger partial charge is 0.497 e. The molecule has 0 spiro atoms. The third-order valence-corrected chi connectivity index (χ3v) is 8.60. The maximum Gasteiger partial charge on any atom is 0.262 e. The minimum absolute atomic E-state index is 0.166. The summed E-state index contributed by atoms with van der Waals surface area (Å²) in [6.45, 7) is 4.45. The second kappa shape index (κ2) is 8.33. The molecule has 2 aromatic carbocycles. The van der Waals surface area contributed by atoms with E-state index in [1.165, 1.54) is 35.7 Å². The summed E-state index contributed by atoms with van der Waals surface area (Å²) < 4.78 is 60.4. The summed E-state index contributed by atoms with van der Waals surface area (Å²) in [5, 5.41) is 0. The van der Waals surface area contributed by atoms with E-state index in [9.17, 15) is 16.8 Å². The lowest BCUT2D eigenvalue weighted by Gasteiger charge is -2.25. The summed E-state index contributed by atoms with van der Waals surface area (Å²) in [6.07, 6.45) is 2.76. The first-order chi connectivity index (χ1) is 13.6. The van der Waals surface area contributed by atoms with Gasteiger partial charge in [0.05, 0.1) is 16.9 Å². The highest BCUT2D eigenvalue weighted by molar-refractivity contribution is 7.92. The molecule has 0 atom stereocenters. The lowest BCUT2D eigenvalue weighted by Crippen LogP contribution is -2.35. The predicted molar refractivity (Wildman–Crippen MR) is 112 cm³/mol. The molecule has 1 saturated heterocycles. The number of sulfonamides is 2. The Bertz CT molecular complexity index is 1070. The molecule has 0 saturated carbocycles. The second-order valence-electron chi connectivity index (χ2n) is 7.18. The molecule has 0 aromatic heterocycles. The molecule has 0 bridgehead atoms. The van der Waals surface area contributed by atoms with E-state index in [0.29, 0.717) is 35.7 Å². The second-order valence-corrected chi connectivity index (χ2v) is 10.7. The number of ether oxygens (including phenoxy) is 1. The number of aryl methyl sites for hydroxylation is 2. The van der Waals surface area contributed by atoms with Crippen molar-refractivity contribution in [2.24, 2.45) is 0 Å². The van der Waals surface area contributed by atoms with Crippen LogP contribution in [0.2, 0.25) is 0 Å². The van der Waals surface area contributed by atoms with Crippen LogP contribution in [0.5, 0.6) is 5.75 Å². The van der Waals surface area contributed by atoms with Crippen LogP contribution in [0.3, 0.4) is 0 Å². The first kappa shape index (κ1) is 21.6. The van der Waals surface area contributed by atoms with Crippen molar-refractivity contribution in [1.29, 1.82) is 0 Å². The van der Waals surface area contributed by atoms with Crippen molar-refractivity contribution in [2.75, 3.05) is 24.9 Å². The van der Waals surface area contributed by atoms with Crippen LogP contribution in [0.15, 0.2) is 46.2 Å². The van der Waals surface area contributed by atoms with Crippen molar-refractivity contribution in [3.8, 4) is 5.75 Å². The van der Waals surface area contributed by atoms with Gasteiger partial charge in [0.15, 0.2) is 0 Å². The monoisotopic (exact) mass is 438 g/mol. The van der Waals surface area contributed by atoms with E-state index in [1.54, 1.807) is 26.0 Å². The fraction of sp³-hybridized carbons (Fsp3) is 0.400. The van der Waals surface area contributed by atoms with Crippen LogP contribution >= 0.6 is 0 Å². The summed E-state index contributed by atoms with van der Waals surface area (Å²) in [5.74, 6) is 0.589. The highest BCUT2D eigenvalue weighted by Gasteiger charge is 2.26. The molecule has 0 amide bonds. The summed E-state index contributed by atoms with van der Waals surface area (Å²) in [4.78, 5) is 0.350. The van der Waals surface area contributed by atoms with Crippen LogP contribution < -0.4 is 9.46 Å². The molecule has 1 fully saturated rings. The number of nitrogens with zero attached hydrogens (tertiary/aromatic N) is 1. The van der Waals surface area contributed by atoms with E-state index in [1.807, 2.05) is 0 Å². The molecule has 0 radical (unpaired) electrons. The molecule has 1 aliphatic rings. The zero-order valence-corrected chi connectivity index (χ0v) is 18.4. The Hall–Kier alpha value is -2.10. The number of piperidine rings is 1. The molecule has 7 nitrogen and oxygen atoms in total. The first-order valence-electron chi connectivity index (χ1n) is 9.43. The summed E-state index contributed by atoms with van der Waals surface area (Å²) >= 11 is 0. The van der Waals surface area contributed by atoms with Gasteiger partial charge in [0.2, 0.25) is 10.0 Å². The van der Waals surface area contributed by atoms with Crippen molar-refractivity contribution in [1.82, 2.24) is 4.31 Å². The Morgan fingerprint density at radius 3 is 1.97 bits per heavy atom. The average molecular weight is 439 g/mol. The maximum absolute atomic E-state index is 12.9. The Labute approximate surface area is 172 Å². The number of methoxy groups -OCH3 is 1. The number of nitrogens with one attached hydrogen (secondary N) is 1. The molecule has 29 heavy (non-hydrogen) atoms. The van der Waals surface area contributed by atoms with Gasteiger partial charge in [-0.05, 0) is 74.2 Å². The Morgan fingerprint density at radius 2 is 1.45 bits per heavy atom. The number of anilines is 1. The smallest absolute Gasteiger partial charge is 0.262 e. The van der Waals surface area contributed by atoms with Crippen molar-refractivity contribution < 1.29 is 21.6 Å². The van der Waals surface area contributed by atoms with Gasteiger partial charge in [-0.25, -0.2) is 16.8 Å². The molecule has 158 valence electrons. The molecular formula is C20H26N2O5S2. The first-order valence-corrected chi connectivity index (χ1v) is 12.4. The Balaban J connectivity index is 1.84. The fourth-order valence-corrected chi connectivity index (χ4v) is 6.64. The zero-order valence-electron chi connectivity index (χ0n) is 16.8. The molecular weight excluding hydrogens is 412 g/mol. The van der Waals surface area contributed by atoms with Gasteiger partial charge in [0, 0.05) is 18.8 Å². The molecule has 0 unspecified atom stereocenters. The Kier molecular flexibility index (Phi) is 6.21. The van der Waals surface area contributed by atoms with Crippen LogP contribution in [0.1, 0.15) is 30.4 Å². The SMILES string of the molecule is COc1cc(C)c(S(=O)(=O)Nc2ccc(S(=O)(=O)N3CCCCC3)cc2)c(C)c1. The third kappa shape index (κ3) is 4.57. The van der Waals surface area contributed by atoms with E-state index < -0.39 is 20.0 Å². The lowest BCUT2D eigenvalue weighted by molar-refractivity contribution is 0.346. The van der Waals surface area contributed by atoms with Crippen LogP contribution in [-0.4, -0.2) is 41.3 Å². The number of benzene rings is 2. The summed E-state index contributed by atoms with van der Waals surface area (Å²) in [7, 11) is -5.86. The van der Waals surface area contributed by atoms with E-state index in [0.717, 1.165) is 19.3 Å². The molecule has 1 aliphatic heterocycles. The quantitative estimate of drug-likeness (QED) is 0.747. The normalized spacial score (nSPS) is 15.8. The molecule has 1 N–H and O–H groups in total. The summed E-state index contributed by atoms with van der Waals surface area (Å²) in [5.41, 5.74) is 1.44. The predicted octanol–water partition coefficient (Wildman–Crippen LogP) is 3.29. The molecule has 3 rings (SSSR count). The molecule has 2 aromatic rings. The third-order valence-electron chi connectivity index (χ3n) is 5.00. The molecule has 1 heterocycles.